The Morgan fingerprint density at radius 2 is 1.75 bits per heavy atom. The zero-order valence-electron chi connectivity index (χ0n) is 7.03. The highest BCUT2D eigenvalue weighted by atomic mass is 32.2. The van der Waals surface area contributed by atoms with Gasteiger partial charge in [0.05, 0.1) is 0 Å². The monoisotopic (exact) mass is 197 g/mol. The second-order valence-corrected chi connectivity index (χ2v) is 4.19. The first-order valence-corrected chi connectivity index (χ1v) is 4.52. The van der Waals surface area contributed by atoms with E-state index < -0.39 is 22.1 Å². The zero-order valence-corrected chi connectivity index (χ0v) is 7.84. The Kier molecular flexibility index (Phi) is 3.05. The van der Waals surface area contributed by atoms with Crippen molar-refractivity contribution in [1.82, 2.24) is 0 Å². The summed E-state index contributed by atoms with van der Waals surface area (Å²) in [6.07, 6.45) is -1.33. The van der Waals surface area contributed by atoms with Gasteiger partial charge in [-0.1, -0.05) is 0 Å². The van der Waals surface area contributed by atoms with Crippen LogP contribution in [0, 0.1) is 0 Å². The molecule has 0 aliphatic heterocycles. The maximum Gasteiger partial charge on any atom is 0.525 e. The van der Waals surface area contributed by atoms with Crippen molar-refractivity contribution in [3.63, 3.8) is 0 Å². The van der Waals surface area contributed by atoms with Crippen molar-refractivity contribution in [2.45, 2.75) is 26.4 Å². The zero-order chi connectivity index (χ0) is 9.99. The molecule has 0 fully saturated rings. The van der Waals surface area contributed by atoms with Crippen LogP contribution in [0.3, 0.4) is 0 Å². The van der Waals surface area contributed by atoms with Crippen molar-refractivity contribution >= 4 is 16.5 Å². The van der Waals surface area contributed by atoms with Crippen molar-refractivity contribution in [3.05, 3.63) is 0 Å². The number of ether oxygens (including phenoxy) is 1. The van der Waals surface area contributed by atoms with Gasteiger partial charge in [0.1, 0.15) is 5.60 Å². The van der Waals surface area contributed by atoms with Crippen LogP contribution >= 0.6 is 0 Å². The third-order valence-corrected chi connectivity index (χ3v) is 0.942. The molecule has 0 aromatic rings. The first-order chi connectivity index (χ1) is 5.10. The maximum atomic E-state index is 10.6. The van der Waals surface area contributed by atoms with Gasteiger partial charge in [-0.15, -0.1) is 0 Å². The molecular formula is C5H11NO5S. The van der Waals surface area contributed by atoms with E-state index in [1.54, 1.807) is 20.8 Å². The van der Waals surface area contributed by atoms with Gasteiger partial charge >= 0.3 is 16.5 Å². The SMILES string of the molecule is CC(C)(C)OC(=O)OS(N)(=O)=O. The van der Waals surface area contributed by atoms with Crippen LogP contribution in [-0.2, 0) is 19.2 Å². The van der Waals surface area contributed by atoms with Crippen molar-refractivity contribution < 1.29 is 22.1 Å². The van der Waals surface area contributed by atoms with E-state index in [0.29, 0.717) is 0 Å². The molecule has 0 aromatic heterocycles. The Bertz CT molecular complexity index is 262. The smallest absolute Gasteiger partial charge is 0.428 e. The fourth-order valence-corrected chi connectivity index (χ4v) is 0.586. The normalized spacial score (nSPS) is 12.3. The summed E-state index contributed by atoms with van der Waals surface area (Å²) in [5.41, 5.74) is -0.804. The van der Waals surface area contributed by atoms with Crippen molar-refractivity contribution in [2.75, 3.05) is 0 Å². The summed E-state index contributed by atoms with van der Waals surface area (Å²) >= 11 is 0. The van der Waals surface area contributed by atoms with Crippen molar-refractivity contribution in [3.8, 4) is 0 Å². The second kappa shape index (κ2) is 3.28. The first kappa shape index (κ1) is 11.2. The molecule has 0 atom stereocenters. The topological polar surface area (TPSA) is 95.7 Å². The molecule has 0 aliphatic carbocycles. The molecule has 2 N–H and O–H groups in total. The lowest BCUT2D eigenvalue weighted by Gasteiger charge is -2.17. The molecule has 12 heavy (non-hydrogen) atoms. The fourth-order valence-electron chi connectivity index (χ4n) is 0.362. The van der Waals surface area contributed by atoms with Gasteiger partial charge in [0.2, 0.25) is 0 Å². The molecule has 0 saturated heterocycles. The number of carbonyl (C=O) groups is 1. The maximum absolute atomic E-state index is 10.6. The van der Waals surface area contributed by atoms with Gasteiger partial charge in [-0.05, 0) is 20.8 Å². The predicted octanol–water partition coefficient (Wildman–Crippen LogP) is 0.142. The summed E-state index contributed by atoms with van der Waals surface area (Å²) in [7, 11) is -4.27. The number of carbonyl (C=O) groups excluding carboxylic acids is 1. The molecule has 0 heterocycles. The van der Waals surface area contributed by atoms with E-state index in [-0.39, 0.29) is 0 Å². The molecule has 0 rings (SSSR count). The summed E-state index contributed by atoms with van der Waals surface area (Å²) in [5, 5.41) is 4.40. The molecule has 7 heteroatoms. The lowest BCUT2D eigenvalue weighted by atomic mass is 10.2. The number of rotatable bonds is 1. The third-order valence-electron chi connectivity index (χ3n) is 0.574. The Labute approximate surface area is 70.9 Å². The number of nitrogens with two attached hydrogens (primary N) is 1. The van der Waals surface area contributed by atoms with E-state index in [9.17, 15) is 13.2 Å². The third kappa shape index (κ3) is 7.29. The summed E-state index contributed by atoms with van der Waals surface area (Å²) < 4.78 is 28.6. The van der Waals surface area contributed by atoms with Crippen molar-refractivity contribution in [1.29, 1.82) is 0 Å². The van der Waals surface area contributed by atoms with Gasteiger partial charge in [-0.25, -0.2) is 4.79 Å². The van der Waals surface area contributed by atoms with E-state index in [1.807, 2.05) is 0 Å². The predicted molar refractivity (Wildman–Crippen MR) is 40.4 cm³/mol. The van der Waals surface area contributed by atoms with E-state index in [2.05, 4.69) is 14.1 Å². The minimum Gasteiger partial charge on any atom is -0.428 e. The molecule has 0 saturated carbocycles. The quantitative estimate of drug-likeness (QED) is 0.603. The van der Waals surface area contributed by atoms with Crippen molar-refractivity contribution in [2.24, 2.45) is 5.14 Å². The lowest BCUT2D eigenvalue weighted by molar-refractivity contribution is 0.0223. The molecular weight excluding hydrogens is 186 g/mol. The molecule has 0 aromatic carbocycles. The van der Waals surface area contributed by atoms with Crippen LogP contribution < -0.4 is 5.14 Å². The number of hydrogen-bond donors (Lipinski definition) is 1. The Hall–Kier alpha value is -0.820. The molecule has 0 bridgehead atoms. The molecule has 0 aliphatic rings. The van der Waals surface area contributed by atoms with E-state index in [1.165, 1.54) is 0 Å². The Morgan fingerprint density at radius 1 is 1.33 bits per heavy atom. The highest BCUT2D eigenvalue weighted by molar-refractivity contribution is 7.84. The summed E-state index contributed by atoms with van der Waals surface area (Å²) in [5.74, 6) is 0. The van der Waals surface area contributed by atoms with Crippen LogP contribution in [0.1, 0.15) is 20.8 Å². The molecule has 0 spiro atoms. The Morgan fingerprint density at radius 3 is 2.00 bits per heavy atom. The minimum absolute atomic E-state index is 0.804. The average molecular weight is 197 g/mol. The highest BCUT2D eigenvalue weighted by Gasteiger charge is 2.20. The Balaban J connectivity index is 4.10. The molecule has 0 amide bonds. The largest absolute Gasteiger partial charge is 0.525 e. The van der Waals surface area contributed by atoms with Gasteiger partial charge in [0.25, 0.3) is 0 Å². The van der Waals surface area contributed by atoms with Crippen LogP contribution in [0.5, 0.6) is 0 Å². The van der Waals surface area contributed by atoms with Gasteiger partial charge < -0.3 is 8.92 Å². The summed E-state index contributed by atoms with van der Waals surface area (Å²) in [6, 6.07) is 0. The highest BCUT2D eigenvalue weighted by Crippen LogP contribution is 2.08. The van der Waals surface area contributed by atoms with Gasteiger partial charge in [0, 0.05) is 0 Å². The first-order valence-electron chi connectivity index (χ1n) is 3.05. The van der Waals surface area contributed by atoms with Gasteiger partial charge in [-0.2, -0.15) is 13.6 Å². The van der Waals surface area contributed by atoms with Gasteiger partial charge in [0.15, 0.2) is 0 Å². The molecule has 6 nitrogen and oxygen atoms in total. The van der Waals surface area contributed by atoms with Crippen LogP contribution in [0.25, 0.3) is 0 Å². The fraction of sp³-hybridized carbons (Fsp3) is 0.800. The molecule has 0 radical (unpaired) electrons. The van der Waals surface area contributed by atoms with E-state index in [4.69, 9.17) is 0 Å². The van der Waals surface area contributed by atoms with Crippen LogP contribution in [0.15, 0.2) is 0 Å². The summed E-state index contributed by atoms with van der Waals surface area (Å²) in [6.45, 7) is 4.70. The van der Waals surface area contributed by atoms with Crippen LogP contribution in [0.4, 0.5) is 4.79 Å². The van der Waals surface area contributed by atoms with Crippen LogP contribution in [0.2, 0.25) is 0 Å². The van der Waals surface area contributed by atoms with Gasteiger partial charge in [-0.3, -0.25) is 0 Å². The molecule has 72 valence electrons. The molecule has 0 unspecified atom stereocenters. The number of hydrogen-bond acceptors (Lipinski definition) is 5. The van der Waals surface area contributed by atoms with E-state index in [0.717, 1.165) is 0 Å². The van der Waals surface area contributed by atoms with Crippen LogP contribution in [-0.4, -0.2) is 20.2 Å². The second-order valence-electron chi connectivity index (χ2n) is 3.04. The van der Waals surface area contributed by atoms with E-state index >= 15 is 0 Å². The average Bonchev–Trinajstić information content (AvgIpc) is 1.49. The standard InChI is InChI=1S/C5H11NO5S/c1-5(2,3)10-4(7)11-12(6,8)9/h1-3H3,(H2,6,8,9). The summed E-state index contributed by atoms with van der Waals surface area (Å²) in [4.78, 5) is 10.6. The minimum atomic E-state index is -4.27. The lowest BCUT2D eigenvalue weighted by Crippen LogP contribution is -2.28.